The van der Waals surface area contributed by atoms with Gasteiger partial charge in [-0.25, -0.2) is 4.39 Å². The molecule has 1 N–H and O–H groups in total. The molecule has 2 amide bonds. The molecule has 0 aliphatic carbocycles. The molecular formula is C21H24FN3O3. The number of hydrogen-bond acceptors (Lipinski definition) is 4. The van der Waals surface area contributed by atoms with Gasteiger partial charge in [0.25, 0.3) is 5.91 Å². The van der Waals surface area contributed by atoms with Gasteiger partial charge in [-0.3, -0.25) is 9.59 Å². The predicted molar refractivity (Wildman–Crippen MR) is 106 cm³/mol. The Bertz CT molecular complexity index is 843. The number of para-hydroxylation sites is 3. The van der Waals surface area contributed by atoms with E-state index in [1.807, 2.05) is 30.1 Å². The number of rotatable bonds is 8. The Morgan fingerprint density at radius 3 is 2.79 bits per heavy atom. The number of anilines is 2. The molecule has 148 valence electrons. The molecule has 2 aromatic carbocycles. The average Bonchev–Trinajstić information content (AvgIpc) is 2.70. The van der Waals surface area contributed by atoms with Crippen molar-refractivity contribution in [3.05, 3.63) is 54.3 Å². The summed E-state index contributed by atoms with van der Waals surface area (Å²) in [7, 11) is 1.82. The van der Waals surface area contributed by atoms with Gasteiger partial charge in [0.1, 0.15) is 11.6 Å². The first kappa shape index (κ1) is 19.7. The van der Waals surface area contributed by atoms with E-state index in [0.29, 0.717) is 43.2 Å². The van der Waals surface area contributed by atoms with Gasteiger partial charge in [-0.1, -0.05) is 24.3 Å². The molecule has 28 heavy (non-hydrogen) atoms. The molecule has 1 heterocycles. The predicted octanol–water partition coefficient (Wildman–Crippen LogP) is 2.58. The van der Waals surface area contributed by atoms with Gasteiger partial charge in [0.05, 0.1) is 11.4 Å². The summed E-state index contributed by atoms with van der Waals surface area (Å²) in [5.74, 6) is 0.117. The van der Waals surface area contributed by atoms with E-state index in [4.69, 9.17) is 4.74 Å². The molecule has 0 saturated heterocycles. The summed E-state index contributed by atoms with van der Waals surface area (Å²) < 4.78 is 19.1. The highest BCUT2D eigenvalue weighted by Gasteiger charge is 2.25. The van der Waals surface area contributed by atoms with Gasteiger partial charge in [-0.2, -0.15) is 0 Å². The van der Waals surface area contributed by atoms with E-state index in [1.165, 1.54) is 6.07 Å². The third kappa shape index (κ3) is 4.79. The second-order valence-corrected chi connectivity index (χ2v) is 6.63. The van der Waals surface area contributed by atoms with Gasteiger partial charge >= 0.3 is 0 Å². The van der Waals surface area contributed by atoms with Crippen LogP contribution in [0.2, 0.25) is 0 Å². The Morgan fingerprint density at radius 2 is 1.96 bits per heavy atom. The Labute approximate surface area is 163 Å². The van der Waals surface area contributed by atoms with Crippen LogP contribution in [0, 0.1) is 5.82 Å². The average molecular weight is 385 g/mol. The van der Waals surface area contributed by atoms with E-state index in [0.717, 1.165) is 0 Å². The van der Waals surface area contributed by atoms with E-state index < -0.39 is 0 Å². The molecule has 1 aliphatic heterocycles. The first-order valence-electron chi connectivity index (χ1n) is 9.31. The lowest BCUT2D eigenvalue weighted by atomic mass is 10.2. The Kier molecular flexibility index (Phi) is 6.47. The number of nitrogens with zero attached hydrogens (tertiary/aromatic N) is 2. The molecule has 0 bridgehead atoms. The first-order chi connectivity index (χ1) is 13.6. The molecule has 0 spiro atoms. The Hall–Kier alpha value is -3.09. The highest BCUT2D eigenvalue weighted by molar-refractivity contribution is 5.98. The van der Waals surface area contributed by atoms with Gasteiger partial charge in [0, 0.05) is 33.1 Å². The molecule has 0 fully saturated rings. The normalized spacial score (nSPS) is 12.9. The highest BCUT2D eigenvalue weighted by atomic mass is 19.1. The Balaban J connectivity index is 1.41. The van der Waals surface area contributed by atoms with Crippen LogP contribution in [0.4, 0.5) is 15.8 Å². The van der Waals surface area contributed by atoms with Crippen molar-refractivity contribution in [2.75, 3.05) is 43.1 Å². The summed E-state index contributed by atoms with van der Waals surface area (Å²) in [5.41, 5.74) is 1.23. The maximum absolute atomic E-state index is 13.7. The largest absolute Gasteiger partial charge is 0.482 e. The molecule has 0 radical (unpaired) electrons. The summed E-state index contributed by atoms with van der Waals surface area (Å²) in [6.45, 7) is 1.41. The van der Waals surface area contributed by atoms with Crippen LogP contribution in [0.25, 0.3) is 0 Å². The Morgan fingerprint density at radius 1 is 1.21 bits per heavy atom. The minimum Gasteiger partial charge on any atom is -0.482 e. The molecule has 3 rings (SSSR count). The van der Waals surface area contributed by atoms with Crippen LogP contribution in [0.5, 0.6) is 5.75 Å². The fourth-order valence-corrected chi connectivity index (χ4v) is 3.13. The number of halogens is 1. The maximum atomic E-state index is 13.7. The van der Waals surface area contributed by atoms with Crippen LogP contribution in [0.3, 0.4) is 0 Å². The second kappa shape index (κ2) is 9.21. The number of hydrogen-bond donors (Lipinski definition) is 1. The van der Waals surface area contributed by atoms with E-state index in [-0.39, 0.29) is 30.7 Å². The second-order valence-electron chi connectivity index (χ2n) is 6.63. The number of amides is 2. The van der Waals surface area contributed by atoms with Crippen molar-refractivity contribution in [3.63, 3.8) is 0 Å². The lowest BCUT2D eigenvalue weighted by molar-refractivity contribution is -0.122. The van der Waals surface area contributed by atoms with Gasteiger partial charge < -0.3 is 19.9 Å². The lowest BCUT2D eigenvalue weighted by Crippen LogP contribution is -2.41. The SMILES string of the molecule is CN(CCCNC(=O)CCN1C(=O)COc2ccccc21)c1ccccc1F. The molecule has 0 unspecified atom stereocenters. The summed E-state index contributed by atoms with van der Waals surface area (Å²) in [4.78, 5) is 27.6. The number of ether oxygens (including phenoxy) is 1. The summed E-state index contributed by atoms with van der Waals surface area (Å²) in [5, 5.41) is 2.85. The fourth-order valence-electron chi connectivity index (χ4n) is 3.13. The van der Waals surface area contributed by atoms with Crippen molar-refractivity contribution in [2.45, 2.75) is 12.8 Å². The zero-order valence-electron chi connectivity index (χ0n) is 15.9. The van der Waals surface area contributed by atoms with Gasteiger partial charge in [0.2, 0.25) is 5.91 Å². The van der Waals surface area contributed by atoms with Gasteiger partial charge in [-0.05, 0) is 30.7 Å². The summed E-state index contributed by atoms with van der Waals surface area (Å²) in [6.07, 6.45) is 0.902. The van der Waals surface area contributed by atoms with E-state index >= 15 is 0 Å². The lowest BCUT2D eigenvalue weighted by Gasteiger charge is -2.29. The van der Waals surface area contributed by atoms with Crippen molar-refractivity contribution in [2.24, 2.45) is 0 Å². The molecule has 1 aliphatic rings. The highest BCUT2D eigenvalue weighted by Crippen LogP contribution is 2.31. The van der Waals surface area contributed by atoms with Crippen molar-refractivity contribution in [3.8, 4) is 5.75 Å². The zero-order chi connectivity index (χ0) is 19.9. The number of carbonyl (C=O) groups is 2. The summed E-state index contributed by atoms with van der Waals surface area (Å²) in [6, 6.07) is 13.9. The fraction of sp³-hybridized carbons (Fsp3) is 0.333. The standard InChI is InChI=1S/C21H24FN3O3/c1-24(17-8-3-2-7-16(17)22)13-6-12-23-20(26)11-14-25-18-9-4-5-10-19(18)28-15-21(25)27/h2-5,7-10H,6,11-15H2,1H3,(H,23,26). The van der Waals surface area contributed by atoms with Crippen LogP contribution in [0.15, 0.2) is 48.5 Å². The number of fused-ring (bicyclic) bond motifs is 1. The number of carbonyl (C=O) groups excluding carboxylic acids is 2. The molecule has 0 atom stereocenters. The van der Waals surface area contributed by atoms with E-state index in [1.54, 1.807) is 29.2 Å². The molecular weight excluding hydrogens is 361 g/mol. The maximum Gasteiger partial charge on any atom is 0.265 e. The zero-order valence-corrected chi connectivity index (χ0v) is 15.9. The third-order valence-electron chi connectivity index (χ3n) is 4.63. The quantitative estimate of drug-likeness (QED) is 0.710. The van der Waals surface area contributed by atoms with E-state index in [9.17, 15) is 14.0 Å². The monoisotopic (exact) mass is 385 g/mol. The molecule has 7 heteroatoms. The van der Waals surface area contributed by atoms with E-state index in [2.05, 4.69) is 5.32 Å². The van der Waals surface area contributed by atoms with Crippen LogP contribution in [-0.2, 0) is 9.59 Å². The van der Waals surface area contributed by atoms with Crippen molar-refractivity contribution in [1.29, 1.82) is 0 Å². The smallest absolute Gasteiger partial charge is 0.265 e. The van der Waals surface area contributed by atoms with Crippen LogP contribution in [0.1, 0.15) is 12.8 Å². The van der Waals surface area contributed by atoms with Crippen LogP contribution in [-0.4, -0.2) is 45.1 Å². The number of nitrogens with one attached hydrogen (secondary N) is 1. The third-order valence-corrected chi connectivity index (χ3v) is 4.63. The van der Waals surface area contributed by atoms with Crippen molar-refractivity contribution in [1.82, 2.24) is 5.32 Å². The number of benzene rings is 2. The first-order valence-corrected chi connectivity index (χ1v) is 9.31. The minimum absolute atomic E-state index is 0.0129. The summed E-state index contributed by atoms with van der Waals surface area (Å²) >= 11 is 0. The van der Waals surface area contributed by atoms with Gasteiger partial charge in [0.15, 0.2) is 6.61 Å². The molecule has 0 saturated carbocycles. The molecule has 2 aromatic rings. The molecule has 0 aromatic heterocycles. The minimum atomic E-state index is -0.260. The van der Waals surface area contributed by atoms with Gasteiger partial charge in [-0.15, -0.1) is 0 Å². The molecule has 6 nitrogen and oxygen atoms in total. The van der Waals surface area contributed by atoms with Crippen molar-refractivity contribution >= 4 is 23.2 Å². The topological polar surface area (TPSA) is 61.9 Å². The van der Waals surface area contributed by atoms with Crippen LogP contribution >= 0.6 is 0 Å². The van der Waals surface area contributed by atoms with Crippen LogP contribution < -0.4 is 19.9 Å². The van der Waals surface area contributed by atoms with Crippen molar-refractivity contribution < 1.29 is 18.7 Å².